The van der Waals surface area contributed by atoms with E-state index in [9.17, 15) is 0 Å². The summed E-state index contributed by atoms with van der Waals surface area (Å²) in [5.74, 6) is 0. The van der Waals surface area contributed by atoms with Gasteiger partial charge < -0.3 is 5.32 Å². The van der Waals surface area contributed by atoms with Gasteiger partial charge in [0, 0.05) is 40.8 Å². The maximum absolute atomic E-state index is 4.90. The van der Waals surface area contributed by atoms with Crippen LogP contribution >= 0.6 is 11.3 Å². The minimum absolute atomic E-state index is 0.0857. The molecule has 0 amide bonds. The lowest BCUT2D eigenvalue weighted by Gasteiger charge is -2.17. The van der Waals surface area contributed by atoms with Crippen LogP contribution in [0.1, 0.15) is 44.2 Å². The Morgan fingerprint density at radius 3 is 2.55 bits per heavy atom. The molecule has 1 N–H and O–H groups in total. The molecule has 0 saturated heterocycles. The number of pyridine rings is 1. The number of rotatable bonds is 4. The SMILES string of the molecule is CC(C)(C)c1nc(-c2ccncc2)sc1CNC1CC1. The molecule has 1 aliphatic carbocycles. The van der Waals surface area contributed by atoms with E-state index in [4.69, 9.17) is 4.98 Å². The van der Waals surface area contributed by atoms with Crippen molar-refractivity contribution < 1.29 is 0 Å². The second-order valence-electron chi connectivity index (χ2n) is 6.43. The molecule has 1 fully saturated rings. The van der Waals surface area contributed by atoms with Crippen LogP contribution in [0.15, 0.2) is 24.5 Å². The quantitative estimate of drug-likeness (QED) is 0.930. The Labute approximate surface area is 124 Å². The molecular formula is C16H21N3S. The molecule has 1 saturated carbocycles. The molecule has 0 aliphatic heterocycles. The van der Waals surface area contributed by atoms with Gasteiger partial charge in [0.15, 0.2) is 0 Å². The van der Waals surface area contributed by atoms with Crippen LogP contribution in [-0.2, 0) is 12.0 Å². The molecule has 2 aromatic rings. The number of hydrogen-bond donors (Lipinski definition) is 1. The summed E-state index contributed by atoms with van der Waals surface area (Å²) in [6.07, 6.45) is 6.30. The van der Waals surface area contributed by atoms with E-state index in [-0.39, 0.29) is 5.41 Å². The fraction of sp³-hybridized carbons (Fsp3) is 0.500. The number of nitrogens with one attached hydrogen (secondary N) is 1. The van der Waals surface area contributed by atoms with Gasteiger partial charge in [-0.2, -0.15) is 0 Å². The summed E-state index contributed by atoms with van der Waals surface area (Å²) in [6.45, 7) is 7.65. The Balaban J connectivity index is 1.92. The van der Waals surface area contributed by atoms with Gasteiger partial charge >= 0.3 is 0 Å². The second kappa shape index (κ2) is 5.26. The van der Waals surface area contributed by atoms with Gasteiger partial charge in [-0.05, 0) is 25.0 Å². The molecule has 4 heteroatoms. The van der Waals surface area contributed by atoms with E-state index in [1.54, 1.807) is 0 Å². The number of thiazole rings is 1. The summed E-state index contributed by atoms with van der Waals surface area (Å²) >= 11 is 1.81. The summed E-state index contributed by atoms with van der Waals surface area (Å²) in [7, 11) is 0. The van der Waals surface area contributed by atoms with Crippen LogP contribution in [0.25, 0.3) is 10.6 Å². The molecular weight excluding hydrogens is 266 g/mol. The van der Waals surface area contributed by atoms with Gasteiger partial charge in [0.05, 0.1) is 5.69 Å². The van der Waals surface area contributed by atoms with Gasteiger partial charge in [0.25, 0.3) is 0 Å². The van der Waals surface area contributed by atoms with Gasteiger partial charge in [-0.15, -0.1) is 11.3 Å². The fourth-order valence-electron chi connectivity index (χ4n) is 2.20. The minimum atomic E-state index is 0.0857. The predicted molar refractivity (Wildman–Crippen MR) is 83.9 cm³/mol. The molecule has 0 spiro atoms. The molecule has 2 aromatic heterocycles. The zero-order valence-corrected chi connectivity index (χ0v) is 13.1. The first-order chi connectivity index (χ1) is 9.54. The Hall–Kier alpha value is -1.26. The smallest absolute Gasteiger partial charge is 0.124 e. The van der Waals surface area contributed by atoms with Crippen LogP contribution in [0, 0.1) is 0 Å². The van der Waals surface area contributed by atoms with E-state index in [2.05, 4.69) is 31.1 Å². The van der Waals surface area contributed by atoms with E-state index >= 15 is 0 Å². The van der Waals surface area contributed by atoms with E-state index in [1.165, 1.54) is 23.4 Å². The monoisotopic (exact) mass is 287 g/mol. The van der Waals surface area contributed by atoms with Gasteiger partial charge in [0.2, 0.25) is 0 Å². The first kappa shape index (κ1) is 13.7. The topological polar surface area (TPSA) is 37.8 Å². The molecule has 1 aliphatic rings. The highest BCUT2D eigenvalue weighted by Crippen LogP contribution is 2.34. The van der Waals surface area contributed by atoms with Crippen molar-refractivity contribution in [3.63, 3.8) is 0 Å². The van der Waals surface area contributed by atoms with Crippen LogP contribution in [0.4, 0.5) is 0 Å². The molecule has 2 heterocycles. The molecule has 3 nitrogen and oxygen atoms in total. The molecule has 0 bridgehead atoms. The summed E-state index contributed by atoms with van der Waals surface area (Å²) in [6, 6.07) is 4.79. The second-order valence-corrected chi connectivity index (χ2v) is 7.52. The Morgan fingerprint density at radius 1 is 1.25 bits per heavy atom. The maximum atomic E-state index is 4.90. The highest BCUT2D eigenvalue weighted by Gasteiger charge is 2.26. The molecule has 0 aromatic carbocycles. The first-order valence-corrected chi connectivity index (χ1v) is 7.99. The molecule has 0 radical (unpaired) electrons. The van der Waals surface area contributed by atoms with Gasteiger partial charge in [-0.3, -0.25) is 4.98 Å². The maximum Gasteiger partial charge on any atom is 0.124 e. The van der Waals surface area contributed by atoms with Gasteiger partial charge in [0.1, 0.15) is 5.01 Å². The van der Waals surface area contributed by atoms with E-state index in [0.29, 0.717) is 0 Å². The lowest BCUT2D eigenvalue weighted by Crippen LogP contribution is -2.19. The third kappa shape index (κ3) is 3.07. The molecule has 0 atom stereocenters. The van der Waals surface area contributed by atoms with Crippen molar-refractivity contribution in [2.75, 3.05) is 0 Å². The summed E-state index contributed by atoms with van der Waals surface area (Å²) in [4.78, 5) is 10.4. The Kier molecular flexibility index (Phi) is 3.61. The van der Waals surface area contributed by atoms with Gasteiger partial charge in [-0.25, -0.2) is 4.98 Å². The standard InChI is InChI=1S/C16H21N3S/c1-16(2,3)14-13(10-18-12-4-5-12)20-15(19-14)11-6-8-17-9-7-11/h6-9,12,18H,4-5,10H2,1-3H3. The molecule has 106 valence electrons. The third-order valence-electron chi connectivity index (χ3n) is 3.46. The summed E-state index contributed by atoms with van der Waals surface area (Å²) in [5, 5.41) is 4.71. The lowest BCUT2D eigenvalue weighted by atomic mass is 9.91. The molecule has 3 rings (SSSR count). The average Bonchev–Trinajstić information content (AvgIpc) is 3.14. The average molecular weight is 287 g/mol. The summed E-state index contributed by atoms with van der Waals surface area (Å²) in [5.41, 5.74) is 2.47. The molecule has 0 unspecified atom stereocenters. The van der Waals surface area contributed by atoms with E-state index in [0.717, 1.165) is 23.2 Å². The third-order valence-corrected chi connectivity index (χ3v) is 4.57. The number of nitrogens with zero attached hydrogens (tertiary/aromatic N) is 2. The number of aromatic nitrogens is 2. The highest BCUT2D eigenvalue weighted by atomic mass is 32.1. The number of hydrogen-bond acceptors (Lipinski definition) is 4. The Bertz CT molecular complexity index is 580. The van der Waals surface area contributed by atoms with Crippen molar-refractivity contribution in [2.45, 2.75) is 51.6 Å². The normalized spacial score (nSPS) is 15.6. The van der Waals surface area contributed by atoms with Crippen molar-refractivity contribution >= 4 is 11.3 Å². The summed E-state index contributed by atoms with van der Waals surface area (Å²) < 4.78 is 0. The van der Waals surface area contributed by atoms with Gasteiger partial charge in [-0.1, -0.05) is 20.8 Å². The van der Waals surface area contributed by atoms with Crippen molar-refractivity contribution in [3.05, 3.63) is 35.1 Å². The largest absolute Gasteiger partial charge is 0.309 e. The van der Waals surface area contributed by atoms with Crippen molar-refractivity contribution in [1.29, 1.82) is 0 Å². The minimum Gasteiger partial charge on any atom is -0.309 e. The fourth-order valence-corrected chi connectivity index (χ4v) is 3.43. The highest BCUT2D eigenvalue weighted by molar-refractivity contribution is 7.15. The van der Waals surface area contributed by atoms with E-state index in [1.807, 2.05) is 35.9 Å². The van der Waals surface area contributed by atoms with Crippen molar-refractivity contribution in [3.8, 4) is 10.6 Å². The first-order valence-electron chi connectivity index (χ1n) is 7.18. The van der Waals surface area contributed by atoms with Crippen LogP contribution in [-0.4, -0.2) is 16.0 Å². The predicted octanol–water partition coefficient (Wildman–Crippen LogP) is 3.75. The van der Waals surface area contributed by atoms with Crippen LogP contribution < -0.4 is 5.32 Å². The lowest BCUT2D eigenvalue weighted by molar-refractivity contribution is 0.559. The van der Waals surface area contributed by atoms with Crippen LogP contribution in [0.3, 0.4) is 0 Å². The van der Waals surface area contributed by atoms with Crippen molar-refractivity contribution in [2.24, 2.45) is 0 Å². The Morgan fingerprint density at radius 2 is 1.95 bits per heavy atom. The van der Waals surface area contributed by atoms with Crippen LogP contribution in [0.2, 0.25) is 0 Å². The zero-order chi connectivity index (χ0) is 14.2. The van der Waals surface area contributed by atoms with E-state index < -0.39 is 0 Å². The van der Waals surface area contributed by atoms with Crippen molar-refractivity contribution in [1.82, 2.24) is 15.3 Å². The zero-order valence-electron chi connectivity index (χ0n) is 12.3. The van der Waals surface area contributed by atoms with Crippen LogP contribution in [0.5, 0.6) is 0 Å². The molecule has 20 heavy (non-hydrogen) atoms.